The van der Waals surface area contributed by atoms with Crippen molar-refractivity contribution in [3.63, 3.8) is 0 Å². The number of aliphatic hydroxyl groups excluding tert-OH is 8. The molecule has 1 aromatic rings. The monoisotopic (exact) mass is 635 g/mol. The van der Waals surface area contributed by atoms with Crippen molar-refractivity contribution in [3.8, 4) is 11.5 Å². The molecule has 0 spiro atoms. The molecule has 0 bridgehead atoms. The highest BCUT2D eigenvalue weighted by Gasteiger charge is 2.55. The molecule has 0 unspecified atom stereocenters. The van der Waals surface area contributed by atoms with Gasteiger partial charge in [-0.15, -0.1) is 0 Å². The first kappa shape index (κ1) is 34.6. The molecular formula is C27H41NO16. The molecule has 1 amide bonds. The summed E-state index contributed by atoms with van der Waals surface area (Å²) in [5.74, 6) is 0.204. The van der Waals surface area contributed by atoms with Gasteiger partial charge in [-0.1, -0.05) is 0 Å². The first-order valence-corrected chi connectivity index (χ1v) is 14.0. The van der Waals surface area contributed by atoms with E-state index >= 15 is 0 Å². The zero-order valence-corrected chi connectivity index (χ0v) is 24.2. The van der Waals surface area contributed by atoms with E-state index in [1.165, 1.54) is 21.0 Å². The lowest BCUT2D eigenvalue weighted by Crippen LogP contribution is -2.70. The van der Waals surface area contributed by atoms with Crippen molar-refractivity contribution in [1.29, 1.82) is 0 Å². The van der Waals surface area contributed by atoms with E-state index in [2.05, 4.69) is 5.32 Å². The first-order valence-electron chi connectivity index (χ1n) is 14.0. The lowest BCUT2D eigenvalue weighted by atomic mass is 9.94. The van der Waals surface area contributed by atoms with Crippen LogP contribution in [-0.2, 0) is 28.5 Å². The van der Waals surface area contributed by atoms with Crippen LogP contribution in [0.5, 0.6) is 11.5 Å². The molecule has 0 aromatic heterocycles. The van der Waals surface area contributed by atoms with Crippen LogP contribution < -0.4 is 14.8 Å². The Labute approximate surface area is 252 Å². The third-order valence-corrected chi connectivity index (χ3v) is 7.75. The van der Waals surface area contributed by atoms with E-state index in [0.29, 0.717) is 5.75 Å². The zero-order valence-electron chi connectivity index (χ0n) is 24.2. The minimum absolute atomic E-state index is 0.260. The number of hydrogen-bond donors (Lipinski definition) is 9. The predicted molar refractivity (Wildman–Crippen MR) is 143 cm³/mol. The Morgan fingerprint density at radius 1 is 0.727 bits per heavy atom. The highest BCUT2D eigenvalue weighted by molar-refractivity contribution is 5.73. The molecule has 44 heavy (non-hydrogen) atoms. The Hall–Kier alpha value is -2.23. The van der Waals surface area contributed by atoms with Crippen molar-refractivity contribution in [1.82, 2.24) is 5.32 Å². The molecule has 17 heteroatoms. The van der Waals surface area contributed by atoms with E-state index < -0.39 is 111 Å². The maximum atomic E-state index is 12.4. The van der Waals surface area contributed by atoms with Gasteiger partial charge in [0.05, 0.1) is 26.4 Å². The highest BCUT2D eigenvalue weighted by Crippen LogP contribution is 2.34. The minimum atomic E-state index is -1.85. The lowest BCUT2D eigenvalue weighted by molar-refractivity contribution is -0.368. The summed E-state index contributed by atoms with van der Waals surface area (Å²) in [6.07, 6.45) is -21.6. The number of ether oxygens (including phenoxy) is 7. The van der Waals surface area contributed by atoms with Crippen LogP contribution in [0.15, 0.2) is 24.3 Å². The van der Waals surface area contributed by atoms with E-state index in [1.54, 1.807) is 24.3 Å². The fourth-order valence-corrected chi connectivity index (χ4v) is 5.27. The van der Waals surface area contributed by atoms with Crippen LogP contribution in [0.25, 0.3) is 0 Å². The first-order chi connectivity index (χ1) is 20.9. The van der Waals surface area contributed by atoms with E-state index in [-0.39, 0.29) is 5.75 Å². The maximum Gasteiger partial charge on any atom is 0.223 e. The third-order valence-electron chi connectivity index (χ3n) is 7.75. The van der Waals surface area contributed by atoms with Crippen LogP contribution in [0, 0.1) is 0 Å². The summed E-state index contributed by atoms with van der Waals surface area (Å²) in [6, 6.07) is 5.03. The number of amides is 1. The average Bonchev–Trinajstić information content (AvgIpc) is 3.01. The van der Waals surface area contributed by atoms with Crippen LogP contribution in [-0.4, -0.2) is 159 Å². The SMILES string of the molecule is COc1ccc(O[C@@H]2O[C@H](CO)[C@@H](O[C@@H]3O[C@H](CO)[C@H](O)[C@H](O)[C@H]3O)[C@H](O[C@@H]3O[C@@H](C)[C@@H](O)[C@@H](O)[C@@H]3O)[C@H]2NC(C)=O)cc1. The second-order valence-corrected chi connectivity index (χ2v) is 10.8. The van der Waals surface area contributed by atoms with Crippen molar-refractivity contribution in [2.75, 3.05) is 20.3 Å². The molecule has 3 saturated heterocycles. The summed E-state index contributed by atoms with van der Waals surface area (Å²) < 4.78 is 40.3. The summed E-state index contributed by atoms with van der Waals surface area (Å²) in [6.45, 7) is 1.13. The zero-order chi connectivity index (χ0) is 32.3. The smallest absolute Gasteiger partial charge is 0.223 e. The summed E-state index contributed by atoms with van der Waals surface area (Å²) in [5.41, 5.74) is 0. The molecular weight excluding hydrogens is 594 g/mol. The second kappa shape index (κ2) is 14.9. The van der Waals surface area contributed by atoms with Gasteiger partial charge in [-0.3, -0.25) is 4.79 Å². The second-order valence-electron chi connectivity index (χ2n) is 10.8. The summed E-state index contributed by atoms with van der Waals surface area (Å²) in [7, 11) is 1.48. The molecule has 3 fully saturated rings. The fourth-order valence-electron chi connectivity index (χ4n) is 5.27. The van der Waals surface area contributed by atoms with Gasteiger partial charge >= 0.3 is 0 Å². The third kappa shape index (κ3) is 7.42. The Kier molecular flexibility index (Phi) is 11.7. The molecule has 250 valence electrons. The van der Waals surface area contributed by atoms with E-state index in [0.717, 1.165) is 0 Å². The number of nitrogens with one attached hydrogen (secondary N) is 1. The molecule has 4 rings (SSSR count). The molecule has 3 aliphatic rings. The molecule has 17 nitrogen and oxygen atoms in total. The quantitative estimate of drug-likeness (QED) is 0.118. The Morgan fingerprint density at radius 2 is 1.25 bits per heavy atom. The van der Waals surface area contributed by atoms with Gasteiger partial charge in [0.2, 0.25) is 12.2 Å². The summed E-state index contributed by atoms with van der Waals surface area (Å²) >= 11 is 0. The van der Waals surface area contributed by atoms with Crippen LogP contribution in [0.4, 0.5) is 0 Å². The topological polar surface area (TPSA) is 256 Å². The van der Waals surface area contributed by atoms with Gasteiger partial charge in [0, 0.05) is 6.92 Å². The number of carbonyl (C=O) groups excluding carboxylic acids is 1. The minimum Gasteiger partial charge on any atom is -0.497 e. The van der Waals surface area contributed by atoms with Crippen molar-refractivity contribution in [2.24, 2.45) is 0 Å². The number of benzene rings is 1. The Bertz CT molecular complexity index is 1060. The van der Waals surface area contributed by atoms with Crippen LogP contribution in [0.3, 0.4) is 0 Å². The number of hydrogen-bond acceptors (Lipinski definition) is 16. The van der Waals surface area contributed by atoms with Crippen molar-refractivity contribution in [3.05, 3.63) is 24.3 Å². The maximum absolute atomic E-state index is 12.4. The normalized spacial score (nSPS) is 42.8. The molecule has 15 atom stereocenters. The van der Waals surface area contributed by atoms with Gasteiger partial charge in [0.15, 0.2) is 12.6 Å². The lowest BCUT2D eigenvalue weighted by Gasteiger charge is -2.50. The van der Waals surface area contributed by atoms with Gasteiger partial charge in [-0.05, 0) is 31.2 Å². The number of methoxy groups -OCH3 is 1. The molecule has 3 aliphatic heterocycles. The predicted octanol–water partition coefficient (Wildman–Crippen LogP) is -4.31. The van der Waals surface area contributed by atoms with Gasteiger partial charge in [-0.25, -0.2) is 0 Å². The molecule has 3 heterocycles. The fraction of sp³-hybridized carbons (Fsp3) is 0.741. The van der Waals surface area contributed by atoms with E-state index in [9.17, 15) is 45.6 Å². The highest BCUT2D eigenvalue weighted by atomic mass is 16.8. The largest absolute Gasteiger partial charge is 0.497 e. The number of rotatable bonds is 10. The van der Waals surface area contributed by atoms with Gasteiger partial charge < -0.3 is 79.3 Å². The average molecular weight is 636 g/mol. The Morgan fingerprint density at radius 3 is 1.82 bits per heavy atom. The summed E-state index contributed by atoms with van der Waals surface area (Å²) in [4.78, 5) is 12.4. The van der Waals surface area contributed by atoms with Crippen LogP contribution >= 0.6 is 0 Å². The number of aliphatic hydroxyl groups is 8. The Balaban J connectivity index is 1.71. The standard InChI is InChI=1S/C27H41NO16/c1-10-17(32)19(34)21(36)26(39-10)44-24-16(28-11(2)31)25(40-13-6-4-12(38-3)5-7-13)42-15(9-30)23(24)43-27-22(37)20(35)18(33)14(8-29)41-27/h4-7,10,14-27,29-30,32-37H,8-9H2,1-3H3,(H,28,31)/t10-,14+,15+,16+,17+,18-,19+,20-,21-,22+,23+,24+,25+,26-,27-/m0/s1. The molecule has 0 aliphatic carbocycles. The van der Waals surface area contributed by atoms with E-state index in [4.69, 9.17) is 33.2 Å². The van der Waals surface area contributed by atoms with E-state index in [1.807, 2.05) is 0 Å². The summed E-state index contributed by atoms with van der Waals surface area (Å²) in [5, 5.41) is 85.0. The van der Waals surface area contributed by atoms with Crippen LogP contribution in [0.1, 0.15) is 13.8 Å². The van der Waals surface area contributed by atoms with Crippen molar-refractivity contribution in [2.45, 2.75) is 106 Å². The molecule has 9 N–H and O–H groups in total. The van der Waals surface area contributed by atoms with Gasteiger partial charge in [0.25, 0.3) is 0 Å². The molecule has 0 radical (unpaired) electrons. The van der Waals surface area contributed by atoms with Gasteiger partial charge in [-0.2, -0.15) is 0 Å². The van der Waals surface area contributed by atoms with Crippen LogP contribution in [0.2, 0.25) is 0 Å². The van der Waals surface area contributed by atoms with Crippen molar-refractivity contribution < 1.29 is 78.8 Å². The molecule has 0 saturated carbocycles. The number of carbonyl (C=O) groups is 1. The molecule has 1 aromatic carbocycles. The van der Waals surface area contributed by atoms with Gasteiger partial charge in [0.1, 0.15) is 78.6 Å². The van der Waals surface area contributed by atoms with Crippen molar-refractivity contribution >= 4 is 5.91 Å².